The molecule has 0 aromatic carbocycles. The number of carbonyl (C=O) groups excluding carboxylic acids is 1. The van der Waals surface area contributed by atoms with Crippen molar-refractivity contribution in [1.82, 2.24) is 0 Å². The molecule has 0 N–H and O–H groups in total. The van der Waals surface area contributed by atoms with Crippen molar-refractivity contribution < 1.29 is 4.79 Å². The SMILES string of the molecule is C[Si](C)(C)CCC1CCCCC1=O. The summed E-state index contributed by atoms with van der Waals surface area (Å²) in [7, 11) is -0.923. The Kier molecular flexibility index (Phi) is 3.71. The predicted molar refractivity (Wildman–Crippen MR) is 59.7 cm³/mol. The summed E-state index contributed by atoms with van der Waals surface area (Å²) >= 11 is 0. The fourth-order valence-electron chi connectivity index (χ4n) is 1.97. The average Bonchev–Trinajstić information content (AvgIpc) is 2.01. The van der Waals surface area contributed by atoms with Gasteiger partial charge in [-0.05, 0) is 19.3 Å². The number of hydrogen-bond acceptors (Lipinski definition) is 1. The van der Waals surface area contributed by atoms with E-state index in [2.05, 4.69) is 19.6 Å². The molecule has 1 saturated carbocycles. The molecule has 0 spiro atoms. The Balaban J connectivity index is 2.31. The highest BCUT2D eigenvalue weighted by atomic mass is 28.3. The molecule has 0 bridgehead atoms. The van der Waals surface area contributed by atoms with Crippen LogP contribution >= 0.6 is 0 Å². The van der Waals surface area contributed by atoms with E-state index < -0.39 is 8.07 Å². The van der Waals surface area contributed by atoms with Crippen LogP contribution in [0.3, 0.4) is 0 Å². The monoisotopic (exact) mass is 198 g/mol. The van der Waals surface area contributed by atoms with Crippen molar-refractivity contribution in [2.45, 2.75) is 57.8 Å². The van der Waals surface area contributed by atoms with E-state index in [0.717, 1.165) is 12.8 Å². The standard InChI is InChI=1S/C11H22OSi/c1-13(2,3)9-8-10-6-4-5-7-11(10)12/h10H,4-9H2,1-3H3. The summed E-state index contributed by atoms with van der Waals surface area (Å²) in [4.78, 5) is 11.5. The maximum atomic E-state index is 11.5. The lowest BCUT2D eigenvalue weighted by atomic mass is 9.86. The van der Waals surface area contributed by atoms with Gasteiger partial charge in [-0.1, -0.05) is 32.1 Å². The number of hydrogen-bond donors (Lipinski definition) is 0. The van der Waals surface area contributed by atoms with Gasteiger partial charge in [0.1, 0.15) is 5.78 Å². The third kappa shape index (κ3) is 4.07. The Bertz CT molecular complexity index is 181. The smallest absolute Gasteiger partial charge is 0.135 e. The summed E-state index contributed by atoms with van der Waals surface area (Å²) in [6.45, 7) is 7.17. The minimum atomic E-state index is -0.923. The third-order valence-corrected chi connectivity index (χ3v) is 4.71. The fourth-order valence-corrected chi connectivity index (χ4v) is 3.18. The lowest BCUT2D eigenvalue weighted by molar-refractivity contribution is -0.124. The molecule has 76 valence electrons. The first kappa shape index (κ1) is 11.0. The second kappa shape index (κ2) is 4.40. The average molecular weight is 198 g/mol. The molecule has 1 rings (SSSR count). The van der Waals surface area contributed by atoms with Crippen LogP contribution in [-0.2, 0) is 4.79 Å². The molecule has 1 aliphatic rings. The predicted octanol–water partition coefficient (Wildman–Crippen LogP) is 3.47. The highest BCUT2D eigenvalue weighted by Gasteiger charge is 2.24. The molecule has 1 aliphatic carbocycles. The molecule has 1 unspecified atom stereocenters. The first-order chi connectivity index (χ1) is 5.99. The van der Waals surface area contributed by atoms with Crippen LogP contribution in [-0.4, -0.2) is 13.9 Å². The van der Waals surface area contributed by atoms with Gasteiger partial charge in [0.05, 0.1) is 0 Å². The van der Waals surface area contributed by atoms with Crippen molar-refractivity contribution in [3.63, 3.8) is 0 Å². The van der Waals surface area contributed by atoms with E-state index >= 15 is 0 Å². The molecule has 0 aromatic heterocycles. The Morgan fingerprint density at radius 3 is 2.54 bits per heavy atom. The van der Waals surface area contributed by atoms with E-state index in [9.17, 15) is 4.79 Å². The van der Waals surface area contributed by atoms with Crippen LogP contribution in [0.2, 0.25) is 25.7 Å². The highest BCUT2D eigenvalue weighted by molar-refractivity contribution is 6.76. The van der Waals surface area contributed by atoms with Crippen molar-refractivity contribution in [3.05, 3.63) is 0 Å². The van der Waals surface area contributed by atoms with Crippen molar-refractivity contribution in [2.24, 2.45) is 5.92 Å². The Hall–Kier alpha value is -0.113. The first-order valence-electron chi connectivity index (χ1n) is 5.52. The van der Waals surface area contributed by atoms with Gasteiger partial charge in [-0.25, -0.2) is 0 Å². The molecule has 1 nitrogen and oxygen atoms in total. The van der Waals surface area contributed by atoms with Crippen molar-refractivity contribution in [2.75, 3.05) is 0 Å². The van der Waals surface area contributed by atoms with Gasteiger partial charge in [0, 0.05) is 20.4 Å². The molecule has 1 fully saturated rings. The number of ketones is 1. The summed E-state index contributed by atoms with van der Waals surface area (Å²) in [6.07, 6.45) is 5.62. The van der Waals surface area contributed by atoms with Gasteiger partial charge in [-0.3, -0.25) is 4.79 Å². The fraction of sp³-hybridized carbons (Fsp3) is 0.909. The molecule has 13 heavy (non-hydrogen) atoms. The minimum absolute atomic E-state index is 0.431. The van der Waals surface area contributed by atoms with Gasteiger partial charge in [-0.15, -0.1) is 0 Å². The Morgan fingerprint density at radius 1 is 1.31 bits per heavy atom. The maximum Gasteiger partial charge on any atom is 0.135 e. The molecule has 0 heterocycles. The summed E-state index contributed by atoms with van der Waals surface area (Å²) in [6, 6.07) is 1.32. The van der Waals surface area contributed by atoms with Gasteiger partial charge >= 0.3 is 0 Å². The van der Waals surface area contributed by atoms with E-state index in [1.54, 1.807) is 0 Å². The molecule has 0 aromatic rings. The minimum Gasteiger partial charge on any atom is -0.299 e. The van der Waals surface area contributed by atoms with Crippen LogP contribution in [0.15, 0.2) is 0 Å². The zero-order valence-corrected chi connectivity index (χ0v) is 10.2. The summed E-state index contributed by atoms with van der Waals surface area (Å²) in [5.41, 5.74) is 0. The van der Waals surface area contributed by atoms with Crippen LogP contribution < -0.4 is 0 Å². The number of Topliss-reactive ketones (excluding diaryl/α,β-unsaturated/α-hetero) is 1. The summed E-state index contributed by atoms with van der Waals surface area (Å²) < 4.78 is 0. The summed E-state index contributed by atoms with van der Waals surface area (Å²) in [5.74, 6) is 0.977. The Labute approximate surface area is 82.9 Å². The van der Waals surface area contributed by atoms with Gasteiger partial charge < -0.3 is 0 Å². The lowest BCUT2D eigenvalue weighted by Gasteiger charge is -2.23. The second-order valence-electron chi connectivity index (χ2n) is 5.51. The van der Waals surface area contributed by atoms with Gasteiger partial charge in [0.25, 0.3) is 0 Å². The topological polar surface area (TPSA) is 17.1 Å². The van der Waals surface area contributed by atoms with E-state index in [0.29, 0.717) is 11.7 Å². The largest absolute Gasteiger partial charge is 0.299 e. The number of rotatable bonds is 3. The zero-order chi connectivity index (χ0) is 9.90. The summed E-state index contributed by atoms with van der Waals surface area (Å²) in [5, 5.41) is 0. The molecule has 0 aliphatic heterocycles. The van der Waals surface area contributed by atoms with Gasteiger partial charge in [0.15, 0.2) is 0 Å². The maximum absolute atomic E-state index is 11.5. The first-order valence-corrected chi connectivity index (χ1v) is 9.22. The van der Waals surface area contributed by atoms with Crippen LogP contribution in [0.25, 0.3) is 0 Å². The van der Waals surface area contributed by atoms with E-state index in [1.165, 1.54) is 25.3 Å². The van der Waals surface area contributed by atoms with E-state index in [4.69, 9.17) is 0 Å². The van der Waals surface area contributed by atoms with Crippen molar-refractivity contribution in [3.8, 4) is 0 Å². The molecule has 1 atom stereocenters. The lowest BCUT2D eigenvalue weighted by Crippen LogP contribution is -2.25. The molecule has 0 saturated heterocycles. The van der Waals surface area contributed by atoms with Crippen LogP contribution in [0.4, 0.5) is 0 Å². The van der Waals surface area contributed by atoms with Crippen molar-refractivity contribution >= 4 is 13.9 Å². The normalized spacial score (nSPS) is 24.8. The Morgan fingerprint density at radius 2 is 2.00 bits per heavy atom. The van der Waals surface area contributed by atoms with E-state index in [1.807, 2.05) is 0 Å². The van der Waals surface area contributed by atoms with E-state index in [-0.39, 0.29) is 0 Å². The second-order valence-corrected chi connectivity index (χ2v) is 11.1. The van der Waals surface area contributed by atoms with Crippen LogP contribution in [0.1, 0.15) is 32.1 Å². The molecule has 0 radical (unpaired) electrons. The third-order valence-electron chi connectivity index (χ3n) is 2.92. The van der Waals surface area contributed by atoms with Crippen LogP contribution in [0.5, 0.6) is 0 Å². The highest BCUT2D eigenvalue weighted by Crippen LogP contribution is 2.27. The molecular weight excluding hydrogens is 176 g/mol. The van der Waals surface area contributed by atoms with Gasteiger partial charge in [0.2, 0.25) is 0 Å². The van der Waals surface area contributed by atoms with Crippen molar-refractivity contribution in [1.29, 1.82) is 0 Å². The molecule has 0 amide bonds. The van der Waals surface area contributed by atoms with Gasteiger partial charge in [-0.2, -0.15) is 0 Å². The van der Waals surface area contributed by atoms with Crippen LogP contribution in [0, 0.1) is 5.92 Å². The number of carbonyl (C=O) groups is 1. The molecular formula is C11H22OSi. The molecule has 2 heteroatoms. The quantitative estimate of drug-likeness (QED) is 0.635. The zero-order valence-electron chi connectivity index (χ0n) is 9.23.